The van der Waals surface area contributed by atoms with Gasteiger partial charge in [-0.15, -0.1) is 0 Å². The van der Waals surface area contributed by atoms with Crippen molar-refractivity contribution < 1.29 is 9.53 Å². The summed E-state index contributed by atoms with van der Waals surface area (Å²) >= 11 is 0. The van der Waals surface area contributed by atoms with Gasteiger partial charge in [-0.05, 0) is 73.9 Å². The first kappa shape index (κ1) is 18.5. The van der Waals surface area contributed by atoms with Gasteiger partial charge in [0.1, 0.15) is 11.6 Å². The number of aryl methyl sites for hydroxylation is 3. The van der Waals surface area contributed by atoms with E-state index < -0.39 is 0 Å². The lowest BCUT2D eigenvalue weighted by Crippen LogP contribution is -2.13. The number of rotatable bonds is 5. The Bertz CT molecular complexity index is 963. The van der Waals surface area contributed by atoms with Crippen LogP contribution in [0.2, 0.25) is 0 Å². The van der Waals surface area contributed by atoms with Gasteiger partial charge in [0, 0.05) is 17.4 Å². The Morgan fingerprint density at radius 1 is 0.926 bits per heavy atom. The molecule has 0 spiro atoms. The van der Waals surface area contributed by atoms with E-state index in [2.05, 4.69) is 21.7 Å². The average Bonchev–Trinajstić information content (AvgIpc) is 2.61. The van der Waals surface area contributed by atoms with E-state index >= 15 is 0 Å². The van der Waals surface area contributed by atoms with Gasteiger partial charge in [-0.25, -0.2) is 4.98 Å². The van der Waals surface area contributed by atoms with E-state index in [0.29, 0.717) is 22.8 Å². The quantitative estimate of drug-likeness (QED) is 0.670. The van der Waals surface area contributed by atoms with Crippen molar-refractivity contribution in [3.63, 3.8) is 0 Å². The van der Waals surface area contributed by atoms with Crippen molar-refractivity contribution in [2.45, 2.75) is 20.8 Å². The smallest absolute Gasteiger partial charge is 0.255 e. The number of carbonyl (C=O) groups excluding carboxylic acids is 1. The maximum atomic E-state index is 12.7. The normalized spacial score (nSPS) is 10.4. The SMILES string of the molecule is COc1ccc(C)cc1NC(=O)c1ccnc(Nc2cc(C)cc(C)c2)c1. The minimum absolute atomic E-state index is 0.218. The number of hydrogen-bond donors (Lipinski definition) is 2. The van der Waals surface area contributed by atoms with Crippen molar-refractivity contribution in [2.75, 3.05) is 17.7 Å². The molecular formula is C22H23N3O2. The summed E-state index contributed by atoms with van der Waals surface area (Å²) in [5, 5.41) is 6.17. The van der Waals surface area contributed by atoms with Crippen molar-refractivity contribution >= 4 is 23.1 Å². The molecule has 0 bridgehead atoms. The summed E-state index contributed by atoms with van der Waals surface area (Å²) in [6, 6.07) is 15.3. The molecule has 0 saturated heterocycles. The lowest BCUT2D eigenvalue weighted by molar-refractivity contribution is 0.102. The zero-order valence-corrected chi connectivity index (χ0v) is 16.0. The van der Waals surface area contributed by atoms with Crippen molar-refractivity contribution in [1.29, 1.82) is 0 Å². The second-order valence-corrected chi connectivity index (χ2v) is 6.59. The molecule has 0 aliphatic rings. The predicted molar refractivity (Wildman–Crippen MR) is 109 cm³/mol. The molecule has 0 aliphatic heterocycles. The summed E-state index contributed by atoms with van der Waals surface area (Å²) in [5.41, 5.74) is 5.47. The highest BCUT2D eigenvalue weighted by Crippen LogP contribution is 2.26. The minimum Gasteiger partial charge on any atom is -0.495 e. The van der Waals surface area contributed by atoms with Crippen LogP contribution >= 0.6 is 0 Å². The van der Waals surface area contributed by atoms with Gasteiger partial charge < -0.3 is 15.4 Å². The van der Waals surface area contributed by atoms with Gasteiger partial charge >= 0.3 is 0 Å². The third kappa shape index (κ3) is 4.64. The Labute approximate surface area is 159 Å². The van der Waals surface area contributed by atoms with Crippen LogP contribution in [0.1, 0.15) is 27.0 Å². The Morgan fingerprint density at radius 2 is 1.67 bits per heavy atom. The summed E-state index contributed by atoms with van der Waals surface area (Å²) in [5.74, 6) is 1.02. The standard InChI is InChI=1S/C22H23N3O2/c1-14-5-6-20(27-4)19(12-14)25-22(26)17-7-8-23-21(13-17)24-18-10-15(2)9-16(3)11-18/h5-13H,1-4H3,(H,23,24)(H,25,26). The van der Waals surface area contributed by atoms with E-state index in [0.717, 1.165) is 22.4 Å². The van der Waals surface area contributed by atoms with Crippen LogP contribution in [-0.2, 0) is 0 Å². The lowest BCUT2D eigenvalue weighted by atomic mass is 10.1. The number of ether oxygens (including phenoxy) is 1. The number of benzene rings is 2. The molecule has 138 valence electrons. The zero-order valence-electron chi connectivity index (χ0n) is 16.0. The number of methoxy groups -OCH3 is 1. The molecule has 0 saturated carbocycles. The molecule has 1 aromatic heterocycles. The average molecular weight is 361 g/mol. The van der Waals surface area contributed by atoms with Gasteiger partial charge in [-0.2, -0.15) is 0 Å². The van der Waals surface area contributed by atoms with E-state index in [1.807, 2.05) is 51.1 Å². The molecule has 1 heterocycles. The summed E-state index contributed by atoms with van der Waals surface area (Å²) < 4.78 is 5.32. The van der Waals surface area contributed by atoms with Crippen molar-refractivity contribution in [2.24, 2.45) is 0 Å². The maximum Gasteiger partial charge on any atom is 0.255 e. The van der Waals surface area contributed by atoms with Gasteiger partial charge in [-0.1, -0.05) is 12.1 Å². The third-order valence-electron chi connectivity index (χ3n) is 4.12. The molecule has 2 aromatic carbocycles. The molecule has 0 unspecified atom stereocenters. The topological polar surface area (TPSA) is 63.2 Å². The molecular weight excluding hydrogens is 338 g/mol. The lowest BCUT2D eigenvalue weighted by Gasteiger charge is -2.12. The number of hydrogen-bond acceptors (Lipinski definition) is 4. The molecule has 27 heavy (non-hydrogen) atoms. The Hall–Kier alpha value is -3.34. The number of nitrogens with one attached hydrogen (secondary N) is 2. The van der Waals surface area contributed by atoms with Crippen molar-refractivity contribution in [3.05, 3.63) is 77.0 Å². The summed E-state index contributed by atoms with van der Waals surface area (Å²) in [6.45, 7) is 6.06. The molecule has 2 N–H and O–H groups in total. The number of pyridine rings is 1. The summed E-state index contributed by atoms with van der Waals surface area (Å²) in [7, 11) is 1.58. The monoisotopic (exact) mass is 361 g/mol. The van der Waals surface area contributed by atoms with E-state index in [4.69, 9.17) is 4.74 Å². The van der Waals surface area contributed by atoms with Crippen molar-refractivity contribution in [3.8, 4) is 5.75 Å². The Kier molecular flexibility index (Phi) is 5.41. The highest BCUT2D eigenvalue weighted by atomic mass is 16.5. The van der Waals surface area contributed by atoms with Crippen LogP contribution in [0, 0.1) is 20.8 Å². The second-order valence-electron chi connectivity index (χ2n) is 6.59. The summed E-state index contributed by atoms with van der Waals surface area (Å²) in [4.78, 5) is 17.0. The van der Waals surface area contributed by atoms with Gasteiger partial charge in [-0.3, -0.25) is 4.79 Å². The van der Waals surface area contributed by atoms with E-state index in [1.54, 1.807) is 25.4 Å². The molecule has 0 fully saturated rings. The number of carbonyl (C=O) groups is 1. The first-order valence-corrected chi connectivity index (χ1v) is 8.72. The van der Waals surface area contributed by atoms with Crippen LogP contribution in [0.25, 0.3) is 0 Å². The maximum absolute atomic E-state index is 12.7. The molecule has 5 heteroatoms. The van der Waals surface area contributed by atoms with Crippen LogP contribution in [-0.4, -0.2) is 18.0 Å². The summed E-state index contributed by atoms with van der Waals surface area (Å²) in [6.07, 6.45) is 1.62. The number of nitrogens with zero attached hydrogens (tertiary/aromatic N) is 1. The minimum atomic E-state index is -0.218. The van der Waals surface area contributed by atoms with Crippen LogP contribution < -0.4 is 15.4 Å². The third-order valence-corrected chi connectivity index (χ3v) is 4.12. The van der Waals surface area contributed by atoms with Crippen LogP contribution in [0.15, 0.2) is 54.7 Å². The van der Waals surface area contributed by atoms with E-state index in [-0.39, 0.29) is 5.91 Å². The van der Waals surface area contributed by atoms with E-state index in [1.165, 1.54) is 0 Å². The predicted octanol–water partition coefficient (Wildman–Crippen LogP) is 5.01. The number of amides is 1. The van der Waals surface area contributed by atoms with Crippen LogP contribution in [0.5, 0.6) is 5.75 Å². The fourth-order valence-corrected chi connectivity index (χ4v) is 2.95. The first-order chi connectivity index (χ1) is 12.9. The molecule has 0 radical (unpaired) electrons. The molecule has 3 rings (SSSR count). The highest BCUT2D eigenvalue weighted by Gasteiger charge is 2.11. The molecule has 0 aliphatic carbocycles. The van der Waals surface area contributed by atoms with E-state index in [9.17, 15) is 4.79 Å². The van der Waals surface area contributed by atoms with Gasteiger partial charge in [0.05, 0.1) is 12.8 Å². The molecule has 5 nitrogen and oxygen atoms in total. The molecule has 1 amide bonds. The highest BCUT2D eigenvalue weighted by molar-refractivity contribution is 6.05. The number of anilines is 3. The fourth-order valence-electron chi connectivity index (χ4n) is 2.95. The zero-order chi connectivity index (χ0) is 19.4. The largest absolute Gasteiger partial charge is 0.495 e. The first-order valence-electron chi connectivity index (χ1n) is 8.72. The Balaban J connectivity index is 1.80. The second kappa shape index (κ2) is 7.91. The van der Waals surface area contributed by atoms with Gasteiger partial charge in [0.15, 0.2) is 0 Å². The molecule has 3 aromatic rings. The van der Waals surface area contributed by atoms with Crippen molar-refractivity contribution in [1.82, 2.24) is 4.98 Å². The number of aromatic nitrogens is 1. The Morgan fingerprint density at radius 3 is 2.37 bits per heavy atom. The van der Waals surface area contributed by atoms with Crippen LogP contribution in [0.4, 0.5) is 17.2 Å². The van der Waals surface area contributed by atoms with Crippen LogP contribution in [0.3, 0.4) is 0 Å². The fraction of sp³-hybridized carbons (Fsp3) is 0.182. The van der Waals surface area contributed by atoms with Gasteiger partial charge in [0.25, 0.3) is 5.91 Å². The molecule has 0 atom stereocenters. The van der Waals surface area contributed by atoms with Gasteiger partial charge in [0.2, 0.25) is 0 Å².